The van der Waals surface area contributed by atoms with Gasteiger partial charge in [-0.1, -0.05) is 6.07 Å². The van der Waals surface area contributed by atoms with E-state index in [-0.39, 0.29) is 43.9 Å². The monoisotopic (exact) mass is 378 g/mol. The molecule has 0 N–H and O–H groups in total. The number of hydrogen-bond donors (Lipinski definition) is 0. The standard InChI is InChI=1S/C18H20F2N4O3/c19-18(20)4-7-22(8-5-18)17(26)13-12-23(9-10-27-13)15-11-16(25)24-6-2-1-3-14(24)21-15/h1-3,6,11,13H,4-5,7-10,12H2. The van der Waals surface area contributed by atoms with E-state index in [0.717, 1.165) is 0 Å². The Morgan fingerprint density at radius 2 is 2.00 bits per heavy atom. The van der Waals surface area contributed by atoms with Gasteiger partial charge in [-0.05, 0) is 12.1 Å². The number of ether oxygens (including phenoxy) is 1. The minimum Gasteiger partial charge on any atom is -0.365 e. The normalized spacial score (nSPS) is 22.8. The SMILES string of the molecule is O=C(C1CN(c2cc(=O)n3ccccc3n2)CCO1)N1CCC(F)(F)CC1. The molecule has 7 nitrogen and oxygen atoms in total. The van der Waals surface area contributed by atoms with Crippen molar-refractivity contribution in [2.75, 3.05) is 37.7 Å². The second kappa shape index (κ2) is 6.88. The molecule has 2 fully saturated rings. The molecule has 0 aromatic carbocycles. The van der Waals surface area contributed by atoms with Crippen LogP contribution in [0.3, 0.4) is 0 Å². The van der Waals surface area contributed by atoms with Crippen LogP contribution in [0, 0.1) is 0 Å². The molecule has 4 rings (SSSR count). The highest BCUT2D eigenvalue weighted by Gasteiger charge is 2.38. The molecule has 144 valence electrons. The van der Waals surface area contributed by atoms with Crippen LogP contribution >= 0.6 is 0 Å². The molecular formula is C18H20F2N4O3. The van der Waals surface area contributed by atoms with Crippen molar-refractivity contribution in [3.8, 4) is 0 Å². The van der Waals surface area contributed by atoms with Crippen molar-refractivity contribution in [3.63, 3.8) is 0 Å². The molecule has 2 aliphatic heterocycles. The van der Waals surface area contributed by atoms with Gasteiger partial charge in [0.1, 0.15) is 11.5 Å². The molecule has 0 spiro atoms. The largest absolute Gasteiger partial charge is 0.365 e. The highest BCUT2D eigenvalue weighted by atomic mass is 19.3. The highest BCUT2D eigenvalue weighted by molar-refractivity contribution is 5.82. The number of piperidine rings is 1. The summed E-state index contributed by atoms with van der Waals surface area (Å²) in [6.07, 6.45) is 0.254. The van der Waals surface area contributed by atoms with Gasteiger partial charge in [0.25, 0.3) is 17.4 Å². The minimum absolute atomic E-state index is 0.0290. The van der Waals surface area contributed by atoms with E-state index in [2.05, 4.69) is 4.98 Å². The Labute approximate surface area is 154 Å². The third-order valence-corrected chi connectivity index (χ3v) is 5.03. The van der Waals surface area contributed by atoms with Gasteiger partial charge in [0.2, 0.25) is 0 Å². The van der Waals surface area contributed by atoms with Gasteiger partial charge in [0.15, 0.2) is 6.10 Å². The molecule has 1 atom stereocenters. The number of morpholine rings is 1. The number of alkyl halides is 2. The summed E-state index contributed by atoms with van der Waals surface area (Å²) in [4.78, 5) is 32.7. The van der Waals surface area contributed by atoms with Crippen molar-refractivity contribution < 1.29 is 18.3 Å². The number of pyridine rings is 1. The van der Waals surface area contributed by atoms with Crippen molar-refractivity contribution in [2.45, 2.75) is 24.9 Å². The fraction of sp³-hybridized carbons (Fsp3) is 0.500. The molecule has 2 aromatic heterocycles. The average molecular weight is 378 g/mol. The maximum absolute atomic E-state index is 13.3. The number of rotatable bonds is 2. The van der Waals surface area contributed by atoms with E-state index in [9.17, 15) is 18.4 Å². The van der Waals surface area contributed by atoms with Gasteiger partial charge in [0, 0.05) is 44.7 Å². The Morgan fingerprint density at radius 3 is 2.78 bits per heavy atom. The van der Waals surface area contributed by atoms with Gasteiger partial charge < -0.3 is 14.5 Å². The van der Waals surface area contributed by atoms with Gasteiger partial charge in [-0.2, -0.15) is 0 Å². The zero-order chi connectivity index (χ0) is 19.0. The van der Waals surface area contributed by atoms with E-state index >= 15 is 0 Å². The number of amides is 1. The number of anilines is 1. The number of likely N-dealkylation sites (tertiary alicyclic amines) is 1. The quantitative estimate of drug-likeness (QED) is 0.785. The van der Waals surface area contributed by atoms with E-state index < -0.39 is 12.0 Å². The third-order valence-electron chi connectivity index (χ3n) is 5.03. The van der Waals surface area contributed by atoms with E-state index in [0.29, 0.717) is 24.6 Å². The van der Waals surface area contributed by atoms with Crippen LogP contribution in [-0.2, 0) is 9.53 Å². The number of halogens is 2. The summed E-state index contributed by atoms with van der Waals surface area (Å²) in [7, 11) is 0. The van der Waals surface area contributed by atoms with Crippen LogP contribution in [-0.4, -0.2) is 65.0 Å². The van der Waals surface area contributed by atoms with Crippen LogP contribution in [0.2, 0.25) is 0 Å². The van der Waals surface area contributed by atoms with Crippen LogP contribution < -0.4 is 10.5 Å². The molecule has 9 heteroatoms. The molecule has 0 bridgehead atoms. The Hall–Kier alpha value is -2.55. The average Bonchev–Trinajstić information content (AvgIpc) is 2.67. The predicted molar refractivity (Wildman–Crippen MR) is 94.2 cm³/mol. The zero-order valence-corrected chi connectivity index (χ0v) is 14.7. The smallest absolute Gasteiger partial charge is 0.259 e. The van der Waals surface area contributed by atoms with E-state index in [1.54, 1.807) is 24.4 Å². The van der Waals surface area contributed by atoms with Crippen molar-refractivity contribution in [2.24, 2.45) is 0 Å². The fourth-order valence-electron chi connectivity index (χ4n) is 3.47. The summed E-state index contributed by atoms with van der Waals surface area (Å²) in [6, 6.07) is 6.72. The zero-order valence-electron chi connectivity index (χ0n) is 14.7. The van der Waals surface area contributed by atoms with Crippen LogP contribution in [0.1, 0.15) is 12.8 Å². The van der Waals surface area contributed by atoms with Gasteiger partial charge in [-0.3, -0.25) is 14.0 Å². The lowest BCUT2D eigenvalue weighted by Crippen LogP contribution is -2.53. The number of nitrogens with zero attached hydrogens (tertiary/aromatic N) is 4. The van der Waals surface area contributed by atoms with Crippen LogP contribution in [0.25, 0.3) is 5.65 Å². The summed E-state index contributed by atoms with van der Waals surface area (Å²) in [5, 5.41) is 0. The van der Waals surface area contributed by atoms with Crippen molar-refractivity contribution in [3.05, 3.63) is 40.8 Å². The summed E-state index contributed by atoms with van der Waals surface area (Å²) in [5.41, 5.74) is 0.316. The van der Waals surface area contributed by atoms with Gasteiger partial charge in [0.05, 0.1) is 13.2 Å². The van der Waals surface area contributed by atoms with Crippen molar-refractivity contribution >= 4 is 17.4 Å². The number of aromatic nitrogens is 2. The second-order valence-corrected chi connectivity index (χ2v) is 6.87. The molecule has 0 saturated carbocycles. The predicted octanol–water partition coefficient (Wildman–Crippen LogP) is 1.16. The third kappa shape index (κ3) is 3.64. The van der Waals surface area contributed by atoms with Crippen LogP contribution in [0.5, 0.6) is 0 Å². The molecule has 0 aliphatic carbocycles. The molecular weight excluding hydrogens is 358 g/mol. The molecule has 1 amide bonds. The van der Waals surface area contributed by atoms with Crippen LogP contribution in [0.4, 0.5) is 14.6 Å². The first-order valence-electron chi connectivity index (χ1n) is 8.95. The van der Waals surface area contributed by atoms with Gasteiger partial charge in [-0.15, -0.1) is 0 Å². The van der Waals surface area contributed by atoms with E-state index in [1.165, 1.54) is 15.4 Å². The molecule has 2 aliphatic rings. The first-order chi connectivity index (χ1) is 12.9. The van der Waals surface area contributed by atoms with Crippen molar-refractivity contribution in [1.29, 1.82) is 0 Å². The van der Waals surface area contributed by atoms with Gasteiger partial charge in [-0.25, -0.2) is 13.8 Å². The Bertz CT molecular complexity index is 907. The van der Waals surface area contributed by atoms with E-state index in [4.69, 9.17) is 4.74 Å². The topological polar surface area (TPSA) is 67.2 Å². The molecule has 2 aromatic rings. The fourth-order valence-corrected chi connectivity index (χ4v) is 3.47. The molecule has 0 radical (unpaired) electrons. The highest BCUT2D eigenvalue weighted by Crippen LogP contribution is 2.28. The maximum atomic E-state index is 13.3. The molecule has 4 heterocycles. The molecule has 1 unspecified atom stereocenters. The number of fused-ring (bicyclic) bond motifs is 1. The lowest BCUT2D eigenvalue weighted by atomic mass is 10.1. The number of carbonyl (C=O) groups is 1. The lowest BCUT2D eigenvalue weighted by Gasteiger charge is -2.38. The van der Waals surface area contributed by atoms with E-state index in [1.807, 2.05) is 4.90 Å². The summed E-state index contributed by atoms with van der Waals surface area (Å²) in [6.45, 7) is 1.09. The molecule has 27 heavy (non-hydrogen) atoms. The maximum Gasteiger partial charge on any atom is 0.259 e. The first kappa shape index (κ1) is 17.8. The Morgan fingerprint density at radius 1 is 1.22 bits per heavy atom. The Balaban J connectivity index is 1.50. The minimum atomic E-state index is -2.70. The second-order valence-electron chi connectivity index (χ2n) is 6.87. The van der Waals surface area contributed by atoms with Crippen LogP contribution in [0.15, 0.2) is 35.3 Å². The molecule has 2 saturated heterocycles. The first-order valence-corrected chi connectivity index (χ1v) is 8.95. The summed E-state index contributed by atoms with van der Waals surface area (Å²) in [5.74, 6) is -2.50. The lowest BCUT2D eigenvalue weighted by molar-refractivity contribution is -0.150. The van der Waals surface area contributed by atoms with Crippen molar-refractivity contribution in [1.82, 2.24) is 14.3 Å². The summed E-state index contributed by atoms with van der Waals surface area (Å²) < 4.78 is 33.7. The number of carbonyl (C=O) groups excluding carboxylic acids is 1. The summed E-state index contributed by atoms with van der Waals surface area (Å²) >= 11 is 0. The Kier molecular flexibility index (Phi) is 4.55. The van der Waals surface area contributed by atoms with Gasteiger partial charge >= 0.3 is 0 Å². The number of hydrogen-bond acceptors (Lipinski definition) is 5.